The highest BCUT2D eigenvalue weighted by Gasteiger charge is 2.08. The molecule has 1 unspecified atom stereocenters. The highest BCUT2D eigenvalue weighted by atomic mass is 14.9. The number of aryl methyl sites for hydroxylation is 1. The molecule has 1 aromatic heterocycles. The largest absolute Gasteiger partial charge is 0.350 e. The first-order valence-electron chi connectivity index (χ1n) is 5.51. The molecular formula is C13H18N2. The van der Waals surface area contributed by atoms with Crippen molar-refractivity contribution in [3.05, 3.63) is 36.0 Å². The Balaban J connectivity index is 2.43. The van der Waals surface area contributed by atoms with Gasteiger partial charge in [-0.05, 0) is 24.5 Å². The third-order valence-corrected chi connectivity index (χ3v) is 2.99. The van der Waals surface area contributed by atoms with E-state index in [-0.39, 0.29) is 6.04 Å². The molecule has 0 aliphatic carbocycles. The van der Waals surface area contributed by atoms with Crippen molar-refractivity contribution >= 4 is 10.9 Å². The lowest BCUT2D eigenvalue weighted by Crippen LogP contribution is -2.21. The van der Waals surface area contributed by atoms with E-state index in [1.165, 1.54) is 16.5 Å². The summed E-state index contributed by atoms with van der Waals surface area (Å²) in [7, 11) is 2.09. The lowest BCUT2D eigenvalue weighted by molar-refractivity contribution is 0.647. The van der Waals surface area contributed by atoms with Gasteiger partial charge in [-0.2, -0.15) is 0 Å². The van der Waals surface area contributed by atoms with Gasteiger partial charge >= 0.3 is 0 Å². The monoisotopic (exact) mass is 202 g/mol. The molecule has 80 valence electrons. The Bertz CT molecular complexity index is 457. The number of rotatable bonds is 3. The SMILES string of the molecule is CCC(N)Cc1cn(C)c2ccccc12. The summed E-state index contributed by atoms with van der Waals surface area (Å²) in [6.45, 7) is 2.13. The molecular weight excluding hydrogens is 184 g/mol. The normalized spacial score (nSPS) is 13.3. The van der Waals surface area contributed by atoms with E-state index < -0.39 is 0 Å². The molecule has 1 aromatic carbocycles. The maximum atomic E-state index is 6.00. The molecule has 2 N–H and O–H groups in total. The number of aromatic nitrogens is 1. The van der Waals surface area contributed by atoms with Gasteiger partial charge in [0.15, 0.2) is 0 Å². The van der Waals surface area contributed by atoms with E-state index in [0.717, 1.165) is 12.8 Å². The second kappa shape index (κ2) is 4.07. The average Bonchev–Trinajstić information content (AvgIpc) is 2.57. The summed E-state index contributed by atoms with van der Waals surface area (Å²) in [5.41, 5.74) is 8.65. The van der Waals surface area contributed by atoms with Crippen LogP contribution in [0.25, 0.3) is 10.9 Å². The fourth-order valence-electron chi connectivity index (χ4n) is 2.02. The maximum absolute atomic E-state index is 6.00. The van der Waals surface area contributed by atoms with Crippen LogP contribution in [0.15, 0.2) is 30.5 Å². The van der Waals surface area contributed by atoms with Crippen LogP contribution in [0.1, 0.15) is 18.9 Å². The standard InChI is InChI=1S/C13H18N2/c1-3-11(14)8-10-9-15(2)13-7-5-4-6-12(10)13/h4-7,9,11H,3,8,14H2,1-2H3. The Morgan fingerprint density at radius 3 is 2.80 bits per heavy atom. The van der Waals surface area contributed by atoms with Crippen LogP contribution in [-0.4, -0.2) is 10.6 Å². The predicted octanol–water partition coefficient (Wildman–Crippen LogP) is 2.46. The van der Waals surface area contributed by atoms with Crippen LogP contribution < -0.4 is 5.73 Å². The topological polar surface area (TPSA) is 30.9 Å². The van der Waals surface area contributed by atoms with Gasteiger partial charge in [0.05, 0.1) is 0 Å². The average molecular weight is 202 g/mol. The molecule has 0 saturated carbocycles. The van der Waals surface area contributed by atoms with Gasteiger partial charge in [-0.3, -0.25) is 0 Å². The fourth-order valence-corrected chi connectivity index (χ4v) is 2.02. The molecule has 0 bridgehead atoms. The molecule has 0 spiro atoms. The van der Waals surface area contributed by atoms with Gasteiger partial charge in [-0.25, -0.2) is 0 Å². The van der Waals surface area contributed by atoms with Crippen LogP contribution in [0.2, 0.25) is 0 Å². The maximum Gasteiger partial charge on any atom is 0.0480 e. The zero-order valence-corrected chi connectivity index (χ0v) is 9.40. The summed E-state index contributed by atoms with van der Waals surface area (Å²) in [4.78, 5) is 0. The van der Waals surface area contributed by atoms with Crippen LogP contribution in [-0.2, 0) is 13.5 Å². The Hall–Kier alpha value is -1.28. The smallest absolute Gasteiger partial charge is 0.0480 e. The van der Waals surface area contributed by atoms with E-state index in [0.29, 0.717) is 0 Å². The third kappa shape index (κ3) is 1.90. The summed E-state index contributed by atoms with van der Waals surface area (Å²) in [5, 5.41) is 1.34. The Morgan fingerprint density at radius 1 is 1.33 bits per heavy atom. The minimum Gasteiger partial charge on any atom is -0.350 e. The van der Waals surface area contributed by atoms with Gasteiger partial charge in [0, 0.05) is 30.2 Å². The third-order valence-electron chi connectivity index (χ3n) is 2.99. The van der Waals surface area contributed by atoms with Gasteiger partial charge in [-0.1, -0.05) is 25.1 Å². The van der Waals surface area contributed by atoms with Crippen molar-refractivity contribution in [2.75, 3.05) is 0 Å². The summed E-state index contributed by atoms with van der Waals surface area (Å²) in [6, 6.07) is 8.76. The van der Waals surface area contributed by atoms with Gasteiger partial charge in [0.2, 0.25) is 0 Å². The second-order valence-corrected chi connectivity index (χ2v) is 4.15. The molecule has 0 amide bonds. The highest BCUT2D eigenvalue weighted by Crippen LogP contribution is 2.21. The lowest BCUT2D eigenvalue weighted by atomic mass is 10.0. The number of fused-ring (bicyclic) bond motifs is 1. The molecule has 1 atom stereocenters. The van der Waals surface area contributed by atoms with E-state index in [9.17, 15) is 0 Å². The van der Waals surface area contributed by atoms with Crippen molar-refractivity contribution in [1.29, 1.82) is 0 Å². The van der Waals surface area contributed by atoms with Gasteiger partial charge in [0.1, 0.15) is 0 Å². The molecule has 2 nitrogen and oxygen atoms in total. The summed E-state index contributed by atoms with van der Waals surface area (Å²) < 4.78 is 2.17. The molecule has 2 rings (SSSR count). The molecule has 0 fully saturated rings. The van der Waals surface area contributed by atoms with Gasteiger partial charge in [0.25, 0.3) is 0 Å². The molecule has 0 aliphatic rings. The second-order valence-electron chi connectivity index (χ2n) is 4.15. The zero-order chi connectivity index (χ0) is 10.8. The van der Waals surface area contributed by atoms with E-state index in [4.69, 9.17) is 5.73 Å². The molecule has 2 aromatic rings. The molecule has 15 heavy (non-hydrogen) atoms. The van der Waals surface area contributed by atoms with E-state index in [1.807, 2.05) is 0 Å². The van der Waals surface area contributed by atoms with Gasteiger partial charge < -0.3 is 10.3 Å². The molecule has 0 radical (unpaired) electrons. The molecule has 0 saturated heterocycles. The lowest BCUT2D eigenvalue weighted by Gasteiger charge is -2.06. The number of benzene rings is 1. The Morgan fingerprint density at radius 2 is 2.07 bits per heavy atom. The van der Waals surface area contributed by atoms with Crippen LogP contribution in [0.5, 0.6) is 0 Å². The van der Waals surface area contributed by atoms with Crippen molar-refractivity contribution in [1.82, 2.24) is 4.57 Å². The van der Waals surface area contributed by atoms with Crippen LogP contribution in [0, 0.1) is 0 Å². The van der Waals surface area contributed by atoms with Crippen molar-refractivity contribution in [2.24, 2.45) is 12.8 Å². The number of hydrogen-bond acceptors (Lipinski definition) is 1. The Kier molecular flexibility index (Phi) is 2.78. The quantitative estimate of drug-likeness (QED) is 0.814. The van der Waals surface area contributed by atoms with Crippen LogP contribution in [0.4, 0.5) is 0 Å². The number of nitrogens with two attached hydrogens (primary N) is 1. The minimum absolute atomic E-state index is 0.274. The number of nitrogens with zero attached hydrogens (tertiary/aromatic N) is 1. The first-order chi connectivity index (χ1) is 7.22. The zero-order valence-electron chi connectivity index (χ0n) is 9.40. The fraction of sp³-hybridized carbons (Fsp3) is 0.385. The predicted molar refractivity (Wildman–Crippen MR) is 64.9 cm³/mol. The van der Waals surface area contributed by atoms with Crippen molar-refractivity contribution < 1.29 is 0 Å². The first-order valence-corrected chi connectivity index (χ1v) is 5.51. The van der Waals surface area contributed by atoms with Crippen LogP contribution in [0.3, 0.4) is 0 Å². The molecule has 2 heteroatoms. The summed E-state index contributed by atoms with van der Waals surface area (Å²) in [6.07, 6.45) is 4.20. The summed E-state index contributed by atoms with van der Waals surface area (Å²) in [5.74, 6) is 0. The number of hydrogen-bond donors (Lipinski definition) is 1. The number of para-hydroxylation sites is 1. The highest BCUT2D eigenvalue weighted by molar-refractivity contribution is 5.83. The van der Waals surface area contributed by atoms with Crippen molar-refractivity contribution in [3.63, 3.8) is 0 Å². The van der Waals surface area contributed by atoms with E-state index in [1.54, 1.807) is 0 Å². The van der Waals surface area contributed by atoms with Crippen molar-refractivity contribution in [2.45, 2.75) is 25.8 Å². The van der Waals surface area contributed by atoms with Crippen molar-refractivity contribution in [3.8, 4) is 0 Å². The minimum atomic E-state index is 0.274. The molecule has 0 aliphatic heterocycles. The summed E-state index contributed by atoms with van der Waals surface area (Å²) >= 11 is 0. The molecule has 1 heterocycles. The Labute approximate surface area is 90.7 Å². The van der Waals surface area contributed by atoms with Crippen LogP contribution >= 0.6 is 0 Å². The van der Waals surface area contributed by atoms with E-state index in [2.05, 4.69) is 49.0 Å². The van der Waals surface area contributed by atoms with E-state index >= 15 is 0 Å². The first kappa shape index (κ1) is 10.2. The van der Waals surface area contributed by atoms with Gasteiger partial charge in [-0.15, -0.1) is 0 Å².